The van der Waals surface area contributed by atoms with Crippen molar-refractivity contribution in [2.75, 3.05) is 13.1 Å². The van der Waals surface area contributed by atoms with Crippen LogP contribution in [-0.2, 0) is 0 Å². The van der Waals surface area contributed by atoms with Gasteiger partial charge in [-0.3, -0.25) is 4.90 Å². The molecule has 0 spiro atoms. The third kappa shape index (κ3) is 3.08. The van der Waals surface area contributed by atoms with E-state index >= 15 is 0 Å². The Hall–Kier alpha value is -0.0800. The summed E-state index contributed by atoms with van der Waals surface area (Å²) in [7, 11) is 0. The van der Waals surface area contributed by atoms with Crippen molar-refractivity contribution in [2.24, 2.45) is 5.41 Å². The smallest absolute Gasteiger partial charge is 0.0724 e. The van der Waals surface area contributed by atoms with Gasteiger partial charge in [0.25, 0.3) is 0 Å². The van der Waals surface area contributed by atoms with Gasteiger partial charge in [-0.15, -0.1) is 0 Å². The van der Waals surface area contributed by atoms with Gasteiger partial charge in [-0.25, -0.2) is 0 Å². The van der Waals surface area contributed by atoms with Crippen molar-refractivity contribution in [1.29, 1.82) is 0 Å². The van der Waals surface area contributed by atoms with E-state index in [1.54, 1.807) is 0 Å². The first kappa shape index (κ1) is 14.3. The molecular formula is C16H31NO. The summed E-state index contributed by atoms with van der Waals surface area (Å²) in [4.78, 5) is 2.62. The Morgan fingerprint density at radius 3 is 2.11 bits per heavy atom. The number of nitrogens with zero attached hydrogens (tertiary/aromatic N) is 1. The second-order valence-corrected chi connectivity index (χ2v) is 7.62. The molecule has 18 heavy (non-hydrogen) atoms. The fourth-order valence-electron chi connectivity index (χ4n) is 3.85. The van der Waals surface area contributed by atoms with Gasteiger partial charge in [-0.05, 0) is 57.0 Å². The molecule has 0 aromatic carbocycles. The highest BCUT2D eigenvalue weighted by molar-refractivity contribution is 5.01. The van der Waals surface area contributed by atoms with Crippen molar-refractivity contribution >= 4 is 0 Å². The predicted octanol–water partition coefficient (Wildman–Crippen LogP) is 3.58. The molecule has 1 saturated heterocycles. The lowest BCUT2D eigenvalue weighted by Crippen LogP contribution is -2.54. The molecule has 0 bridgehead atoms. The van der Waals surface area contributed by atoms with Crippen LogP contribution in [0.1, 0.15) is 72.1 Å². The minimum absolute atomic E-state index is 0.114. The van der Waals surface area contributed by atoms with Crippen molar-refractivity contribution in [2.45, 2.75) is 83.8 Å². The van der Waals surface area contributed by atoms with E-state index in [4.69, 9.17) is 0 Å². The van der Waals surface area contributed by atoms with Crippen molar-refractivity contribution in [3.8, 4) is 0 Å². The minimum Gasteiger partial charge on any atom is -0.391 e. The van der Waals surface area contributed by atoms with Gasteiger partial charge in [0, 0.05) is 5.54 Å². The van der Waals surface area contributed by atoms with Gasteiger partial charge in [0.2, 0.25) is 0 Å². The van der Waals surface area contributed by atoms with E-state index in [0.717, 1.165) is 12.8 Å². The molecule has 1 aliphatic carbocycles. The van der Waals surface area contributed by atoms with E-state index in [0.29, 0.717) is 5.41 Å². The van der Waals surface area contributed by atoms with Crippen LogP contribution in [0.15, 0.2) is 0 Å². The van der Waals surface area contributed by atoms with Crippen LogP contribution >= 0.6 is 0 Å². The third-order valence-electron chi connectivity index (χ3n) is 4.99. The second kappa shape index (κ2) is 5.50. The lowest BCUT2D eigenvalue weighted by atomic mass is 9.81. The Kier molecular flexibility index (Phi) is 4.38. The molecule has 1 heterocycles. The number of likely N-dealkylation sites (tertiary alicyclic amines) is 1. The zero-order chi connectivity index (χ0) is 13.2. The van der Waals surface area contributed by atoms with Gasteiger partial charge in [0.1, 0.15) is 0 Å². The lowest BCUT2D eigenvalue weighted by Gasteiger charge is -2.43. The Balaban J connectivity index is 2.00. The molecule has 2 aliphatic rings. The number of hydrogen-bond donors (Lipinski definition) is 1. The zero-order valence-electron chi connectivity index (χ0n) is 12.5. The lowest BCUT2D eigenvalue weighted by molar-refractivity contribution is -0.0267. The molecule has 0 radical (unpaired) electrons. The Labute approximate surface area is 113 Å². The molecule has 1 unspecified atom stereocenters. The van der Waals surface area contributed by atoms with E-state index in [9.17, 15) is 5.11 Å². The van der Waals surface area contributed by atoms with Crippen molar-refractivity contribution in [3.05, 3.63) is 0 Å². The average molecular weight is 253 g/mol. The normalized spacial score (nSPS) is 26.7. The summed E-state index contributed by atoms with van der Waals surface area (Å²) in [6.45, 7) is 9.25. The molecule has 1 N–H and O–H groups in total. The van der Waals surface area contributed by atoms with Gasteiger partial charge >= 0.3 is 0 Å². The summed E-state index contributed by atoms with van der Waals surface area (Å²) in [5, 5.41) is 10.8. The monoisotopic (exact) mass is 253 g/mol. The molecule has 106 valence electrons. The SMILES string of the molecule is CC(C)(C)CCC(O)C1(N2CCCC2)CCCC1. The molecule has 1 saturated carbocycles. The highest BCUT2D eigenvalue weighted by Gasteiger charge is 2.45. The highest BCUT2D eigenvalue weighted by atomic mass is 16.3. The van der Waals surface area contributed by atoms with E-state index in [-0.39, 0.29) is 11.6 Å². The van der Waals surface area contributed by atoms with Crippen LogP contribution in [0, 0.1) is 5.41 Å². The van der Waals surface area contributed by atoms with Crippen molar-refractivity contribution in [1.82, 2.24) is 4.90 Å². The highest BCUT2D eigenvalue weighted by Crippen LogP contribution is 2.42. The van der Waals surface area contributed by atoms with Crippen molar-refractivity contribution in [3.63, 3.8) is 0 Å². The zero-order valence-corrected chi connectivity index (χ0v) is 12.5. The molecule has 0 aromatic heterocycles. The topological polar surface area (TPSA) is 23.5 Å². The largest absolute Gasteiger partial charge is 0.391 e. The number of aliphatic hydroxyl groups is 1. The number of rotatable bonds is 4. The third-order valence-corrected chi connectivity index (χ3v) is 4.99. The summed E-state index contributed by atoms with van der Waals surface area (Å²) in [5.74, 6) is 0. The summed E-state index contributed by atoms with van der Waals surface area (Å²) in [5.41, 5.74) is 0.480. The van der Waals surface area contributed by atoms with Crippen LogP contribution in [0.3, 0.4) is 0 Å². The average Bonchev–Trinajstić information content (AvgIpc) is 2.95. The molecule has 1 aliphatic heterocycles. The van der Waals surface area contributed by atoms with Gasteiger partial charge in [0.15, 0.2) is 0 Å². The fourth-order valence-corrected chi connectivity index (χ4v) is 3.85. The summed E-state index contributed by atoms with van der Waals surface area (Å²) in [6, 6.07) is 0. The summed E-state index contributed by atoms with van der Waals surface area (Å²) in [6.07, 6.45) is 9.70. The van der Waals surface area contributed by atoms with E-state index in [1.165, 1.54) is 51.6 Å². The van der Waals surface area contributed by atoms with Gasteiger partial charge < -0.3 is 5.11 Å². The Bertz CT molecular complexity index is 257. The van der Waals surface area contributed by atoms with Crippen LogP contribution in [0.25, 0.3) is 0 Å². The molecule has 2 heteroatoms. The van der Waals surface area contributed by atoms with E-state index in [2.05, 4.69) is 25.7 Å². The minimum atomic E-state index is -0.114. The maximum absolute atomic E-state index is 10.8. The molecule has 0 aromatic rings. The molecule has 1 atom stereocenters. The van der Waals surface area contributed by atoms with E-state index < -0.39 is 0 Å². The van der Waals surface area contributed by atoms with Crippen molar-refractivity contribution < 1.29 is 5.11 Å². The fraction of sp³-hybridized carbons (Fsp3) is 1.00. The summed E-state index contributed by atoms with van der Waals surface area (Å²) < 4.78 is 0. The van der Waals surface area contributed by atoms with E-state index in [1.807, 2.05) is 0 Å². The summed E-state index contributed by atoms with van der Waals surface area (Å²) >= 11 is 0. The van der Waals surface area contributed by atoms with Gasteiger partial charge in [0.05, 0.1) is 6.10 Å². The first-order valence-electron chi connectivity index (χ1n) is 7.87. The molecule has 2 rings (SSSR count). The van der Waals surface area contributed by atoms with Crippen LogP contribution in [-0.4, -0.2) is 34.7 Å². The Morgan fingerprint density at radius 2 is 1.61 bits per heavy atom. The maximum atomic E-state index is 10.8. The number of hydrogen-bond acceptors (Lipinski definition) is 2. The molecule has 2 fully saturated rings. The quantitative estimate of drug-likeness (QED) is 0.828. The van der Waals surface area contributed by atoms with Crippen LogP contribution in [0.5, 0.6) is 0 Å². The van der Waals surface area contributed by atoms with Gasteiger partial charge in [-0.2, -0.15) is 0 Å². The predicted molar refractivity (Wildman–Crippen MR) is 76.7 cm³/mol. The standard InChI is InChI=1S/C16H31NO/c1-15(2,3)11-8-14(18)16(9-4-5-10-16)17-12-6-7-13-17/h14,18H,4-13H2,1-3H3. The first-order valence-corrected chi connectivity index (χ1v) is 7.87. The Morgan fingerprint density at radius 1 is 1.06 bits per heavy atom. The second-order valence-electron chi connectivity index (χ2n) is 7.62. The van der Waals surface area contributed by atoms with Crippen LogP contribution in [0.4, 0.5) is 0 Å². The van der Waals surface area contributed by atoms with Crippen LogP contribution < -0.4 is 0 Å². The first-order chi connectivity index (χ1) is 8.44. The molecule has 2 nitrogen and oxygen atoms in total. The molecular weight excluding hydrogens is 222 g/mol. The maximum Gasteiger partial charge on any atom is 0.0724 e. The molecule has 0 amide bonds. The number of aliphatic hydroxyl groups excluding tert-OH is 1. The van der Waals surface area contributed by atoms with Gasteiger partial charge in [-0.1, -0.05) is 33.6 Å². The van der Waals surface area contributed by atoms with Crippen LogP contribution in [0.2, 0.25) is 0 Å².